The summed E-state index contributed by atoms with van der Waals surface area (Å²) in [5.41, 5.74) is 3.46. The van der Waals surface area contributed by atoms with Crippen LogP contribution >= 0.6 is 23.2 Å². The van der Waals surface area contributed by atoms with E-state index in [0.29, 0.717) is 16.3 Å². The van der Waals surface area contributed by atoms with Crippen LogP contribution in [0.25, 0.3) is 0 Å². The number of nitrogens with one attached hydrogen (secondary N) is 2. The zero-order valence-corrected chi connectivity index (χ0v) is 17.3. The molecule has 7 nitrogen and oxygen atoms in total. The molecule has 0 radical (unpaired) electrons. The van der Waals surface area contributed by atoms with Gasteiger partial charge in [0.25, 0.3) is 5.91 Å². The number of rotatable bonds is 7. The molecule has 3 rings (SSSR count). The predicted molar refractivity (Wildman–Crippen MR) is 116 cm³/mol. The molecule has 0 aliphatic carbocycles. The lowest BCUT2D eigenvalue weighted by Crippen LogP contribution is -2.17. The van der Waals surface area contributed by atoms with Gasteiger partial charge in [-0.15, -0.1) is 0 Å². The molecular formula is C21H17Cl2N3O4. The maximum atomic E-state index is 12.4. The van der Waals surface area contributed by atoms with Crippen LogP contribution in [-0.4, -0.2) is 24.7 Å². The standard InChI is InChI=1S/C21H17Cl2N3O4/c1-2-29-21(28)17-18(23)16(12-24-26-19(27)13-6-4-3-5-7-13)30-20(17)25-15-10-8-14(22)9-11-15/h3-12,25H,2H2,1H3,(H,26,27)/b24-12-. The van der Waals surface area contributed by atoms with Gasteiger partial charge in [0, 0.05) is 16.3 Å². The second-order valence-electron chi connectivity index (χ2n) is 5.90. The lowest BCUT2D eigenvalue weighted by Gasteiger charge is -2.06. The number of carbonyl (C=O) groups excluding carboxylic acids is 2. The van der Waals surface area contributed by atoms with Crippen LogP contribution in [-0.2, 0) is 4.74 Å². The largest absolute Gasteiger partial charge is 0.462 e. The Kier molecular flexibility index (Phi) is 7.11. The number of halogens is 2. The topological polar surface area (TPSA) is 92.9 Å². The molecule has 0 spiro atoms. The van der Waals surface area contributed by atoms with Gasteiger partial charge in [-0.2, -0.15) is 5.10 Å². The third-order valence-corrected chi connectivity index (χ3v) is 4.47. The minimum absolute atomic E-state index is 0.00243. The maximum Gasteiger partial charge on any atom is 0.345 e. The van der Waals surface area contributed by atoms with Gasteiger partial charge in [0.2, 0.25) is 5.88 Å². The highest BCUT2D eigenvalue weighted by Crippen LogP contribution is 2.34. The third kappa shape index (κ3) is 5.20. The van der Waals surface area contributed by atoms with Crippen LogP contribution in [0.2, 0.25) is 10.0 Å². The third-order valence-electron chi connectivity index (χ3n) is 3.84. The van der Waals surface area contributed by atoms with Crippen molar-refractivity contribution >= 4 is 52.9 Å². The average molecular weight is 446 g/mol. The van der Waals surface area contributed by atoms with Crippen molar-refractivity contribution in [2.45, 2.75) is 6.92 Å². The number of hydrogen-bond acceptors (Lipinski definition) is 6. The molecule has 1 heterocycles. The average Bonchev–Trinajstić information content (AvgIpc) is 3.05. The highest BCUT2D eigenvalue weighted by atomic mass is 35.5. The lowest BCUT2D eigenvalue weighted by molar-refractivity contribution is 0.0527. The van der Waals surface area contributed by atoms with E-state index in [9.17, 15) is 9.59 Å². The number of carbonyl (C=O) groups is 2. The first-order chi connectivity index (χ1) is 14.5. The van der Waals surface area contributed by atoms with E-state index in [0.717, 1.165) is 0 Å². The van der Waals surface area contributed by atoms with E-state index in [1.807, 2.05) is 0 Å². The fourth-order valence-corrected chi connectivity index (χ4v) is 2.83. The van der Waals surface area contributed by atoms with Crippen LogP contribution < -0.4 is 10.7 Å². The van der Waals surface area contributed by atoms with Crippen molar-refractivity contribution in [3.63, 3.8) is 0 Å². The number of hydrogen-bond donors (Lipinski definition) is 2. The molecule has 0 aliphatic rings. The Morgan fingerprint density at radius 2 is 1.80 bits per heavy atom. The van der Waals surface area contributed by atoms with Gasteiger partial charge in [0.05, 0.1) is 12.8 Å². The van der Waals surface area contributed by atoms with Gasteiger partial charge in [-0.3, -0.25) is 4.79 Å². The molecular weight excluding hydrogens is 429 g/mol. The number of amides is 1. The molecule has 3 aromatic rings. The summed E-state index contributed by atoms with van der Waals surface area (Å²) in [6, 6.07) is 15.4. The molecule has 2 aromatic carbocycles. The smallest absolute Gasteiger partial charge is 0.345 e. The first kappa shape index (κ1) is 21.4. The van der Waals surface area contributed by atoms with E-state index >= 15 is 0 Å². The van der Waals surface area contributed by atoms with Gasteiger partial charge < -0.3 is 14.5 Å². The normalized spacial score (nSPS) is 10.8. The van der Waals surface area contributed by atoms with E-state index in [-0.39, 0.29) is 28.8 Å². The number of ether oxygens (including phenoxy) is 1. The Morgan fingerprint density at radius 3 is 2.47 bits per heavy atom. The SMILES string of the molecule is CCOC(=O)c1c(Nc2ccc(Cl)cc2)oc(/C=N\NC(=O)c2ccccc2)c1Cl. The molecule has 1 aromatic heterocycles. The zero-order valence-electron chi connectivity index (χ0n) is 15.8. The van der Waals surface area contributed by atoms with E-state index < -0.39 is 11.9 Å². The Bertz CT molecular complexity index is 1060. The maximum absolute atomic E-state index is 12.4. The second kappa shape index (κ2) is 9.96. The summed E-state index contributed by atoms with van der Waals surface area (Å²) in [4.78, 5) is 24.4. The van der Waals surface area contributed by atoms with Crippen LogP contribution in [0, 0.1) is 0 Å². The van der Waals surface area contributed by atoms with E-state index in [4.69, 9.17) is 32.4 Å². The Morgan fingerprint density at radius 1 is 1.10 bits per heavy atom. The first-order valence-electron chi connectivity index (χ1n) is 8.90. The van der Waals surface area contributed by atoms with E-state index in [2.05, 4.69) is 15.8 Å². The van der Waals surface area contributed by atoms with Crippen LogP contribution in [0.1, 0.15) is 33.4 Å². The van der Waals surface area contributed by atoms with Crippen LogP contribution in [0.4, 0.5) is 11.6 Å². The van der Waals surface area contributed by atoms with Crippen molar-refractivity contribution < 1.29 is 18.7 Å². The van der Waals surface area contributed by atoms with Crippen molar-refractivity contribution in [1.82, 2.24) is 5.43 Å². The fraction of sp³-hybridized carbons (Fsp3) is 0.0952. The molecule has 0 atom stereocenters. The monoisotopic (exact) mass is 445 g/mol. The Labute approximate surface area is 182 Å². The molecule has 0 bridgehead atoms. The van der Waals surface area contributed by atoms with E-state index in [1.165, 1.54) is 6.21 Å². The summed E-state index contributed by atoms with van der Waals surface area (Å²) in [5, 5.41) is 7.39. The molecule has 1 amide bonds. The van der Waals surface area contributed by atoms with Gasteiger partial charge in [-0.25, -0.2) is 10.2 Å². The summed E-state index contributed by atoms with van der Waals surface area (Å²) >= 11 is 12.2. The Balaban J connectivity index is 1.84. The van der Waals surface area contributed by atoms with Crippen molar-refractivity contribution in [3.8, 4) is 0 Å². The van der Waals surface area contributed by atoms with Crippen LogP contribution in [0.3, 0.4) is 0 Å². The second-order valence-corrected chi connectivity index (χ2v) is 6.72. The van der Waals surface area contributed by atoms with Gasteiger partial charge in [-0.1, -0.05) is 41.4 Å². The van der Waals surface area contributed by atoms with Gasteiger partial charge in [0.15, 0.2) is 5.76 Å². The molecule has 0 saturated carbocycles. The number of benzene rings is 2. The van der Waals surface area contributed by atoms with Crippen molar-refractivity contribution in [3.05, 3.63) is 81.5 Å². The summed E-state index contributed by atoms with van der Waals surface area (Å²) in [6.07, 6.45) is 1.21. The Hall–Kier alpha value is -3.29. The number of anilines is 2. The number of hydrazone groups is 1. The van der Waals surface area contributed by atoms with Crippen molar-refractivity contribution in [2.24, 2.45) is 5.10 Å². The molecule has 2 N–H and O–H groups in total. The van der Waals surface area contributed by atoms with Crippen LogP contribution in [0.5, 0.6) is 0 Å². The van der Waals surface area contributed by atoms with Gasteiger partial charge in [0.1, 0.15) is 10.6 Å². The molecule has 0 aliphatic heterocycles. The molecule has 154 valence electrons. The van der Waals surface area contributed by atoms with Gasteiger partial charge in [-0.05, 0) is 43.3 Å². The highest BCUT2D eigenvalue weighted by molar-refractivity contribution is 6.36. The number of esters is 1. The lowest BCUT2D eigenvalue weighted by atomic mass is 10.2. The summed E-state index contributed by atoms with van der Waals surface area (Å²) in [5.74, 6) is -0.906. The molecule has 0 saturated heterocycles. The van der Waals surface area contributed by atoms with Crippen molar-refractivity contribution in [2.75, 3.05) is 11.9 Å². The molecule has 30 heavy (non-hydrogen) atoms. The quantitative estimate of drug-likeness (QED) is 0.293. The number of nitrogens with zero attached hydrogens (tertiary/aromatic N) is 1. The summed E-state index contributed by atoms with van der Waals surface area (Å²) in [7, 11) is 0. The number of furan rings is 1. The first-order valence-corrected chi connectivity index (χ1v) is 9.65. The van der Waals surface area contributed by atoms with Crippen LogP contribution in [0.15, 0.2) is 64.1 Å². The predicted octanol–water partition coefficient (Wildman–Crippen LogP) is 5.27. The summed E-state index contributed by atoms with van der Waals surface area (Å²) in [6.45, 7) is 1.84. The van der Waals surface area contributed by atoms with E-state index in [1.54, 1.807) is 61.5 Å². The molecule has 0 unspecified atom stereocenters. The zero-order chi connectivity index (χ0) is 21.5. The molecule has 9 heteroatoms. The fourth-order valence-electron chi connectivity index (χ4n) is 2.45. The van der Waals surface area contributed by atoms with Crippen molar-refractivity contribution in [1.29, 1.82) is 0 Å². The summed E-state index contributed by atoms with van der Waals surface area (Å²) < 4.78 is 10.7. The highest BCUT2D eigenvalue weighted by Gasteiger charge is 2.25. The minimum Gasteiger partial charge on any atom is -0.462 e. The van der Waals surface area contributed by atoms with Gasteiger partial charge >= 0.3 is 5.97 Å². The molecule has 0 fully saturated rings. The minimum atomic E-state index is -0.657.